The van der Waals surface area contributed by atoms with Gasteiger partial charge in [-0.15, -0.1) is 6.58 Å². The molecule has 1 atom stereocenters. The smallest absolute Gasteiger partial charge is 0.244 e. The molecule has 1 aliphatic heterocycles. The summed E-state index contributed by atoms with van der Waals surface area (Å²) < 4.78 is 2.75. The van der Waals surface area contributed by atoms with Crippen molar-refractivity contribution in [1.29, 1.82) is 0 Å². The molecule has 1 N–H and O–H groups in total. The maximum Gasteiger partial charge on any atom is 0.244 e. The summed E-state index contributed by atoms with van der Waals surface area (Å²) in [6.45, 7) is 8.61. The van der Waals surface area contributed by atoms with Crippen molar-refractivity contribution >= 4 is 28.5 Å². The van der Waals surface area contributed by atoms with E-state index in [2.05, 4.69) is 44.5 Å². The van der Waals surface area contributed by atoms with Crippen LogP contribution < -0.4 is 5.32 Å². The van der Waals surface area contributed by atoms with E-state index in [1.807, 2.05) is 19.2 Å². The predicted molar refractivity (Wildman–Crippen MR) is 87.5 cm³/mol. The number of hydrogen-bond acceptors (Lipinski definition) is 3. The van der Waals surface area contributed by atoms with Gasteiger partial charge in [-0.05, 0) is 42.4 Å². The number of likely N-dealkylation sites (tertiary alicyclic amines) is 1. The van der Waals surface area contributed by atoms with Crippen LogP contribution in [0.3, 0.4) is 0 Å². The van der Waals surface area contributed by atoms with Crippen LogP contribution in [0.4, 0.5) is 0 Å². The van der Waals surface area contributed by atoms with Gasteiger partial charge in [-0.25, -0.2) is 0 Å². The van der Waals surface area contributed by atoms with Gasteiger partial charge >= 0.3 is 0 Å². The van der Waals surface area contributed by atoms with Crippen LogP contribution in [0.15, 0.2) is 25.0 Å². The van der Waals surface area contributed by atoms with E-state index < -0.39 is 0 Å². The van der Waals surface area contributed by atoms with E-state index in [-0.39, 0.29) is 18.0 Å². The normalized spacial score (nSPS) is 18.7. The second-order valence-electron chi connectivity index (χ2n) is 5.19. The Labute approximate surface area is 133 Å². The van der Waals surface area contributed by atoms with E-state index in [0.717, 1.165) is 36.0 Å². The van der Waals surface area contributed by atoms with Gasteiger partial charge in [0, 0.05) is 31.9 Å². The number of nitrogens with zero attached hydrogens (tertiary/aromatic N) is 3. The molecule has 1 amide bonds. The first-order chi connectivity index (χ1) is 9.60. The zero-order chi connectivity index (χ0) is 14.5. The van der Waals surface area contributed by atoms with Crippen LogP contribution in [-0.2, 0) is 4.79 Å². The highest BCUT2D eigenvalue weighted by Crippen LogP contribution is 2.13. The number of hydrogen-bond donors (Lipinski definition) is 1. The fourth-order valence-electron chi connectivity index (χ4n) is 2.41. The van der Waals surface area contributed by atoms with Crippen molar-refractivity contribution in [2.45, 2.75) is 31.8 Å². The molecule has 0 radical (unpaired) electrons. The van der Waals surface area contributed by atoms with Crippen molar-refractivity contribution < 1.29 is 4.79 Å². The largest absolute Gasteiger partial charge is 0.351 e. The van der Waals surface area contributed by atoms with Crippen molar-refractivity contribution in [2.75, 3.05) is 19.6 Å². The number of carbonyl (C=O) groups is 1. The monoisotopic (exact) mass is 388 g/mol. The van der Waals surface area contributed by atoms with Crippen molar-refractivity contribution in [2.24, 2.45) is 0 Å². The number of rotatable bonds is 5. The molecule has 5 nitrogen and oxygen atoms in total. The second kappa shape index (κ2) is 7.21. The lowest BCUT2D eigenvalue weighted by atomic mass is 10.0. The SMILES string of the molecule is C=CCN1CCC(NC(=O)C(C)n2cc(I)cn2)CC1. The molecule has 1 fully saturated rings. The Kier molecular flexibility index (Phi) is 5.59. The van der Waals surface area contributed by atoms with Gasteiger partial charge in [0.05, 0.1) is 9.77 Å². The average molecular weight is 388 g/mol. The lowest BCUT2D eigenvalue weighted by Crippen LogP contribution is -2.46. The molecule has 6 heteroatoms. The molecule has 1 saturated heterocycles. The summed E-state index contributed by atoms with van der Waals surface area (Å²) in [7, 11) is 0. The molecule has 0 saturated carbocycles. The lowest BCUT2D eigenvalue weighted by molar-refractivity contribution is -0.125. The van der Waals surface area contributed by atoms with E-state index >= 15 is 0 Å². The van der Waals surface area contributed by atoms with E-state index in [0.29, 0.717) is 0 Å². The van der Waals surface area contributed by atoms with E-state index in [9.17, 15) is 4.79 Å². The number of halogens is 1. The van der Waals surface area contributed by atoms with Gasteiger partial charge in [0.25, 0.3) is 0 Å². The minimum atomic E-state index is -0.260. The van der Waals surface area contributed by atoms with Crippen LogP contribution in [0.1, 0.15) is 25.8 Å². The summed E-state index contributed by atoms with van der Waals surface area (Å²) in [5.74, 6) is 0.0478. The van der Waals surface area contributed by atoms with E-state index in [1.54, 1.807) is 10.9 Å². The summed E-state index contributed by atoms with van der Waals surface area (Å²) in [5, 5.41) is 7.33. The molecule has 2 heterocycles. The standard InChI is InChI=1S/C14H21IN4O/c1-3-6-18-7-4-13(5-8-18)17-14(20)11(2)19-10-12(15)9-16-19/h3,9-11,13H,1,4-8H2,2H3,(H,17,20). The molecule has 20 heavy (non-hydrogen) atoms. The van der Waals surface area contributed by atoms with Gasteiger partial charge in [0.15, 0.2) is 0 Å². The highest BCUT2D eigenvalue weighted by molar-refractivity contribution is 14.1. The van der Waals surface area contributed by atoms with Crippen molar-refractivity contribution in [3.8, 4) is 0 Å². The van der Waals surface area contributed by atoms with Crippen LogP contribution >= 0.6 is 22.6 Å². The highest BCUT2D eigenvalue weighted by atomic mass is 127. The first-order valence-electron chi connectivity index (χ1n) is 6.93. The van der Waals surface area contributed by atoms with Gasteiger partial charge in [-0.2, -0.15) is 5.10 Å². The Morgan fingerprint density at radius 1 is 1.65 bits per heavy atom. The predicted octanol–water partition coefficient (Wildman–Crippen LogP) is 1.82. The Balaban J connectivity index is 1.82. The highest BCUT2D eigenvalue weighted by Gasteiger charge is 2.23. The van der Waals surface area contributed by atoms with Gasteiger partial charge in [0.2, 0.25) is 5.91 Å². The minimum Gasteiger partial charge on any atom is -0.351 e. The molecule has 0 aliphatic carbocycles. The summed E-state index contributed by atoms with van der Waals surface area (Å²) >= 11 is 2.19. The third-order valence-corrected chi connectivity index (χ3v) is 4.22. The molecule has 0 bridgehead atoms. The quantitative estimate of drug-likeness (QED) is 0.619. The average Bonchev–Trinajstić information content (AvgIpc) is 2.87. The molecule has 1 aromatic heterocycles. The first kappa shape index (κ1) is 15.5. The molecule has 110 valence electrons. The van der Waals surface area contributed by atoms with Gasteiger partial charge in [-0.3, -0.25) is 14.4 Å². The Bertz CT molecular complexity index is 465. The van der Waals surface area contributed by atoms with E-state index in [1.165, 1.54) is 0 Å². The third kappa shape index (κ3) is 4.05. The van der Waals surface area contributed by atoms with Crippen molar-refractivity contribution in [3.05, 3.63) is 28.6 Å². The van der Waals surface area contributed by atoms with Crippen LogP contribution in [0.25, 0.3) is 0 Å². The van der Waals surface area contributed by atoms with Crippen LogP contribution in [0.2, 0.25) is 0 Å². The summed E-state index contributed by atoms with van der Waals surface area (Å²) in [6, 6.07) is 0.0189. The van der Waals surface area contributed by atoms with Crippen LogP contribution in [-0.4, -0.2) is 46.3 Å². The molecule has 1 unspecified atom stereocenters. The minimum absolute atomic E-state index is 0.0478. The summed E-state index contributed by atoms with van der Waals surface area (Å²) in [5.41, 5.74) is 0. The first-order valence-corrected chi connectivity index (χ1v) is 8.01. The van der Waals surface area contributed by atoms with Gasteiger partial charge < -0.3 is 5.32 Å². The maximum atomic E-state index is 12.2. The zero-order valence-corrected chi connectivity index (χ0v) is 13.9. The fourth-order valence-corrected chi connectivity index (χ4v) is 2.82. The fraction of sp³-hybridized carbons (Fsp3) is 0.571. The van der Waals surface area contributed by atoms with Crippen molar-refractivity contribution in [1.82, 2.24) is 20.0 Å². The van der Waals surface area contributed by atoms with Crippen LogP contribution in [0, 0.1) is 3.57 Å². The van der Waals surface area contributed by atoms with Crippen LogP contribution in [0.5, 0.6) is 0 Å². The second-order valence-corrected chi connectivity index (χ2v) is 6.43. The number of amides is 1. The summed E-state index contributed by atoms with van der Waals surface area (Å²) in [6.07, 6.45) is 7.59. The summed E-state index contributed by atoms with van der Waals surface area (Å²) in [4.78, 5) is 14.6. The molecular weight excluding hydrogens is 367 g/mol. The van der Waals surface area contributed by atoms with E-state index in [4.69, 9.17) is 0 Å². The number of piperidine rings is 1. The van der Waals surface area contributed by atoms with Crippen molar-refractivity contribution in [3.63, 3.8) is 0 Å². The zero-order valence-electron chi connectivity index (χ0n) is 11.8. The number of nitrogens with one attached hydrogen (secondary N) is 1. The number of aromatic nitrogens is 2. The third-order valence-electron chi connectivity index (χ3n) is 3.67. The topological polar surface area (TPSA) is 50.2 Å². The Morgan fingerprint density at radius 2 is 2.35 bits per heavy atom. The molecule has 1 aromatic rings. The Hall–Kier alpha value is -0.890. The van der Waals surface area contributed by atoms with Gasteiger partial charge in [0.1, 0.15) is 6.04 Å². The molecule has 0 aromatic carbocycles. The van der Waals surface area contributed by atoms with Gasteiger partial charge in [-0.1, -0.05) is 6.08 Å². The molecule has 2 rings (SSSR count). The Morgan fingerprint density at radius 3 is 2.90 bits per heavy atom. The number of carbonyl (C=O) groups excluding carboxylic acids is 1. The molecule has 0 spiro atoms. The maximum absolute atomic E-state index is 12.2. The lowest BCUT2D eigenvalue weighted by Gasteiger charge is -2.32. The molecule has 1 aliphatic rings. The molecular formula is C14H21IN4O.